The van der Waals surface area contributed by atoms with Crippen LogP contribution in [0.2, 0.25) is 0 Å². The first-order valence-electron chi connectivity index (χ1n) is 36.2. The predicted molar refractivity (Wildman–Crippen MR) is 357 cm³/mol. The highest BCUT2D eigenvalue weighted by Gasteiger charge is 2.28. The zero-order valence-corrected chi connectivity index (χ0v) is 54.3. The van der Waals surface area contributed by atoms with Crippen molar-refractivity contribution in [1.29, 1.82) is 0 Å². The van der Waals surface area contributed by atoms with Crippen LogP contribution in [0.3, 0.4) is 0 Å². The van der Waals surface area contributed by atoms with E-state index in [1.807, 2.05) is 0 Å². The number of unbranched alkanes of at least 4 members (excludes halogenated alkanes) is 48. The first-order chi connectivity index (χ1) is 40.0. The van der Waals surface area contributed by atoms with Gasteiger partial charge in [-0.3, -0.25) is 4.79 Å². The summed E-state index contributed by atoms with van der Waals surface area (Å²) in [4.78, 5) is 12.7. The molecular weight excluding hydrogens is 995 g/mol. The lowest BCUT2D eigenvalue weighted by Gasteiger charge is -2.27. The Morgan fingerprint density at radius 1 is 0.309 bits per heavy atom. The molecule has 0 rings (SSSR count). The summed E-state index contributed by atoms with van der Waals surface area (Å²) >= 11 is 0. The number of aliphatic hydroxyl groups excluding tert-OH is 4. The molecule has 4 unspecified atom stereocenters. The van der Waals surface area contributed by atoms with Gasteiger partial charge in [-0.15, -0.1) is 0 Å². The Hall–Kier alpha value is -1.99. The summed E-state index contributed by atoms with van der Waals surface area (Å²) in [5.41, 5.74) is 0. The van der Waals surface area contributed by atoms with E-state index < -0.39 is 36.9 Å². The minimum absolute atomic E-state index is 0.358. The van der Waals surface area contributed by atoms with Crippen LogP contribution in [0.4, 0.5) is 0 Å². The molecule has 0 radical (unpaired) electrons. The molecule has 0 heterocycles. The summed E-state index contributed by atoms with van der Waals surface area (Å²) in [7, 11) is 0. The van der Waals surface area contributed by atoms with Crippen molar-refractivity contribution in [2.75, 3.05) is 6.61 Å². The fraction of sp³-hybridized carbons (Fsp3) is 0.853. The van der Waals surface area contributed by atoms with E-state index in [-0.39, 0.29) is 0 Å². The van der Waals surface area contributed by atoms with Crippen molar-refractivity contribution in [1.82, 2.24) is 5.32 Å². The number of hydrogen-bond acceptors (Lipinski definition) is 5. The largest absolute Gasteiger partial charge is 0.394 e. The summed E-state index contributed by atoms with van der Waals surface area (Å²) in [6.45, 7) is 4.09. The third-order valence-corrected chi connectivity index (χ3v) is 16.9. The molecule has 0 saturated carbocycles. The molecule has 81 heavy (non-hydrogen) atoms. The first-order valence-corrected chi connectivity index (χ1v) is 36.2. The van der Waals surface area contributed by atoms with Gasteiger partial charge < -0.3 is 25.7 Å². The van der Waals surface area contributed by atoms with Crippen molar-refractivity contribution in [3.05, 3.63) is 60.8 Å². The van der Waals surface area contributed by atoms with Crippen LogP contribution >= 0.6 is 0 Å². The van der Waals surface area contributed by atoms with E-state index in [0.717, 1.165) is 57.8 Å². The number of carbonyl (C=O) groups excluding carboxylic acids is 1. The van der Waals surface area contributed by atoms with E-state index in [9.17, 15) is 25.2 Å². The molecule has 0 fully saturated rings. The highest BCUT2D eigenvalue weighted by Crippen LogP contribution is 2.19. The summed E-state index contributed by atoms with van der Waals surface area (Å²) in [5, 5.41) is 44.2. The highest BCUT2D eigenvalue weighted by atomic mass is 16.3. The molecule has 0 aliphatic carbocycles. The topological polar surface area (TPSA) is 110 Å². The molecule has 0 aliphatic rings. The molecule has 1 amide bonds. The van der Waals surface area contributed by atoms with Crippen molar-refractivity contribution in [3.8, 4) is 0 Å². The second-order valence-corrected chi connectivity index (χ2v) is 24.9. The van der Waals surface area contributed by atoms with E-state index in [0.29, 0.717) is 19.3 Å². The average molecular weight is 1140 g/mol. The lowest BCUT2D eigenvalue weighted by atomic mass is 10.00. The van der Waals surface area contributed by atoms with Crippen molar-refractivity contribution in [3.63, 3.8) is 0 Å². The number of allylic oxidation sites excluding steroid dienone is 10. The van der Waals surface area contributed by atoms with Gasteiger partial charge in [0.1, 0.15) is 12.2 Å². The Balaban J connectivity index is 3.60. The Bertz CT molecular complexity index is 1370. The number of amides is 1. The minimum atomic E-state index is -1.30. The van der Waals surface area contributed by atoms with Crippen LogP contribution in [0.25, 0.3) is 0 Å². The summed E-state index contributed by atoms with van der Waals surface area (Å²) in [6.07, 6.45) is 92.2. The van der Waals surface area contributed by atoms with Crippen molar-refractivity contribution in [2.45, 2.75) is 404 Å². The second kappa shape index (κ2) is 68.8. The van der Waals surface area contributed by atoms with Gasteiger partial charge in [0.2, 0.25) is 5.91 Å². The van der Waals surface area contributed by atoms with Crippen LogP contribution in [0.1, 0.15) is 380 Å². The second-order valence-electron chi connectivity index (χ2n) is 24.9. The summed E-state index contributed by atoms with van der Waals surface area (Å²) in [6, 6.07) is -1.02. The molecule has 0 aromatic heterocycles. The van der Waals surface area contributed by atoms with Gasteiger partial charge in [-0.05, 0) is 96.3 Å². The number of aliphatic hydroxyl groups is 4. The van der Waals surface area contributed by atoms with Crippen LogP contribution in [0.15, 0.2) is 60.8 Å². The molecule has 4 atom stereocenters. The van der Waals surface area contributed by atoms with Crippen LogP contribution in [0.5, 0.6) is 0 Å². The molecule has 476 valence electrons. The molecule has 0 aliphatic heterocycles. The van der Waals surface area contributed by atoms with Crippen molar-refractivity contribution >= 4 is 5.91 Å². The standard InChI is InChI=1S/C75H141NO5/c1-3-5-7-9-11-13-15-17-19-21-23-25-27-29-31-32-33-34-35-36-37-38-39-40-41-43-45-47-49-51-53-55-57-59-61-63-65-67-69-73(79)75(81)76-71(70-77)74(80)72(78)68-66-64-62-60-58-56-54-52-50-48-46-44-42-30-28-26-24-22-20-18-16-14-12-10-8-6-4-2/h33-34,36-37,44,46,52,54,60,62,71-74,77-80H,3-32,35,38-43,45,47-51,53,55-59,61,63-70H2,1-2H3,(H,76,81)/b34-33-,37-36-,46-44+,54-52+,62-60+. The maximum atomic E-state index is 12.7. The third-order valence-electron chi connectivity index (χ3n) is 16.9. The van der Waals surface area contributed by atoms with Crippen LogP contribution in [0, 0.1) is 0 Å². The molecule has 0 aromatic rings. The number of rotatable bonds is 67. The Morgan fingerprint density at radius 3 is 0.852 bits per heavy atom. The Kier molecular flexibility index (Phi) is 67.1. The molecule has 0 spiro atoms. The lowest BCUT2D eigenvalue weighted by Crippen LogP contribution is -2.53. The third kappa shape index (κ3) is 62.4. The maximum Gasteiger partial charge on any atom is 0.249 e. The van der Waals surface area contributed by atoms with Gasteiger partial charge in [0, 0.05) is 0 Å². The highest BCUT2D eigenvalue weighted by molar-refractivity contribution is 5.80. The van der Waals surface area contributed by atoms with Gasteiger partial charge in [0.15, 0.2) is 0 Å². The Morgan fingerprint density at radius 2 is 0.556 bits per heavy atom. The summed E-state index contributed by atoms with van der Waals surface area (Å²) in [5.74, 6) is -0.596. The SMILES string of the molecule is CCCCCCCCCCCCCCCC/C=C/CC/C=C/CC/C=C/CCCC(O)C(O)C(CO)NC(=O)C(O)CCCCCCCCCCCCCCCCCC/C=C\C/C=C\CCCCCCCCCCCCCCCCC. The van der Waals surface area contributed by atoms with Crippen molar-refractivity contribution in [2.24, 2.45) is 0 Å². The zero-order chi connectivity index (χ0) is 58.7. The Labute approximate surface area is 505 Å². The number of nitrogens with one attached hydrogen (secondary N) is 1. The average Bonchev–Trinajstić information content (AvgIpc) is 3.47. The van der Waals surface area contributed by atoms with Gasteiger partial charge >= 0.3 is 0 Å². The van der Waals surface area contributed by atoms with Gasteiger partial charge in [-0.25, -0.2) is 0 Å². The van der Waals surface area contributed by atoms with E-state index in [1.54, 1.807) is 0 Å². The minimum Gasteiger partial charge on any atom is -0.394 e. The van der Waals surface area contributed by atoms with Crippen LogP contribution in [-0.4, -0.2) is 57.3 Å². The van der Waals surface area contributed by atoms with Gasteiger partial charge in [0.05, 0.1) is 18.8 Å². The van der Waals surface area contributed by atoms with Crippen molar-refractivity contribution < 1.29 is 25.2 Å². The maximum absolute atomic E-state index is 12.7. The van der Waals surface area contributed by atoms with Crippen LogP contribution in [-0.2, 0) is 4.79 Å². The molecular formula is C75H141NO5. The zero-order valence-electron chi connectivity index (χ0n) is 54.3. The van der Waals surface area contributed by atoms with Gasteiger partial charge in [-0.1, -0.05) is 344 Å². The van der Waals surface area contributed by atoms with E-state index >= 15 is 0 Å². The van der Waals surface area contributed by atoms with Crippen LogP contribution < -0.4 is 5.32 Å². The molecule has 5 N–H and O–H groups in total. The molecule has 0 bridgehead atoms. The van der Waals surface area contributed by atoms with Gasteiger partial charge in [0.25, 0.3) is 0 Å². The monoisotopic (exact) mass is 1140 g/mol. The molecule has 0 saturated heterocycles. The quantitative estimate of drug-likeness (QED) is 0.0308. The molecule has 6 heteroatoms. The van der Waals surface area contributed by atoms with Gasteiger partial charge in [-0.2, -0.15) is 0 Å². The molecule has 6 nitrogen and oxygen atoms in total. The summed E-state index contributed by atoms with van der Waals surface area (Å²) < 4.78 is 0. The van der Waals surface area contributed by atoms with E-state index in [2.05, 4.69) is 79.9 Å². The number of hydrogen-bond donors (Lipinski definition) is 5. The number of carbonyl (C=O) groups is 1. The smallest absolute Gasteiger partial charge is 0.249 e. The lowest BCUT2D eigenvalue weighted by molar-refractivity contribution is -0.132. The normalized spacial score (nSPS) is 13.8. The van der Waals surface area contributed by atoms with E-state index in [4.69, 9.17) is 0 Å². The fourth-order valence-corrected chi connectivity index (χ4v) is 11.3. The predicted octanol–water partition coefficient (Wildman–Crippen LogP) is 22.6. The fourth-order valence-electron chi connectivity index (χ4n) is 11.3. The van der Waals surface area contributed by atoms with E-state index in [1.165, 1.54) is 289 Å². The first kappa shape index (κ1) is 79.0. The molecule has 0 aromatic carbocycles.